The topological polar surface area (TPSA) is 29.5 Å². The zero-order chi connectivity index (χ0) is 9.84. The molecule has 0 saturated carbocycles. The Kier molecular flexibility index (Phi) is 3.54. The van der Waals surface area contributed by atoms with E-state index in [0.29, 0.717) is 12.1 Å². The molecule has 72 valence electrons. The molecular weight excluding hydrogens is 234 g/mol. The molecule has 0 aromatic rings. The lowest BCUT2D eigenvalue weighted by atomic mass is 10.2. The summed E-state index contributed by atoms with van der Waals surface area (Å²) in [6.45, 7) is 4.22. The van der Waals surface area contributed by atoms with Crippen LogP contribution in [-0.4, -0.2) is 22.5 Å². The van der Waals surface area contributed by atoms with Gasteiger partial charge in [-0.15, -0.1) is 0 Å². The number of carbonyl (C=O) groups excluding carboxylic acids is 1. The van der Waals surface area contributed by atoms with Crippen LogP contribution in [0.15, 0.2) is 23.9 Å². The van der Waals surface area contributed by atoms with E-state index in [-0.39, 0.29) is 12.1 Å². The molecule has 0 saturated heterocycles. The van der Waals surface area contributed by atoms with E-state index in [4.69, 9.17) is 4.74 Å². The van der Waals surface area contributed by atoms with E-state index in [9.17, 15) is 4.79 Å². The van der Waals surface area contributed by atoms with E-state index in [2.05, 4.69) is 16.1 Å². The fourth-order valence-corrected chi connectivity index (χ4v) is 1.35. The maximum absolute atomic E-state index is 11.4. The summed E-state index contributed by atoms with van der Waals surface area (Å²) in [6, 6.07) is 0. The lowest BCUT2D eigenvalue weighted by molar-refractivity contribution is -0.142. The van der Waals surface area contributed by atoms with Gasteiger partial charge in [0.15, 0.2) is 0 Å². The zero-order valence-corrected chi connectivity index (χ0v) is 9.24. The Morgan fingerprint density at radius 2 is 2.38 bits per heavy atom. The van der Waals surface area contributed by atoms with Crippen LogP contribution in [0.25, 0.3) is 0 Å². The van der Waals surface area contributed by atoms with Crippen LogP contribution < -0.4 is 0 Å². The standard InChI is InChI=1S/C9H12BrNO2/c1-7(2)13-9(12)8-4-3-5-11(10)6-8/h3-5,7H,6H2,1-2H3. The average Bonchev–Trinajstić information content (AvgIpc) is 2.03. The van der Waals surface area contributed by atoms with E-state index >= 15 is 0 Å². The van der Waals surface area contributed by atoms with Crippen molar-refractivity contribution in [2.24, 2.45) is 0 Å². The monoisotopic (exact) mass is 245 g/mol. The summed E-state index contributed by atoms with van der Waals surface area (Å²) >= 11 is 3.26. The Balaban J connectivity index is 2.57. The fourth-order valence-electron chi connectivity index (χ4n) is 0.943. The highest BCUT2D eigenvalue weighted by molar-refractivity contribution is 9.07. The molecule has 13 heavy (non-hydrogen) atoms. The molecule has 0 bridgehead atoms. The molecule has 4 heteroatoms. The third kappa shape index (κ3) is 3.22. The summed E-state index contributed by atoms with van der Waals surface area (Å²) in [5, 5.41) is 0. The van der Waals surface area contributed by atoms with Gasteiger partial charge in [-0.3, -0.25) is 0 Å². The first-order chi connectivity index (χ1) is 6.09. The van der Waals surface area contributed by atoms with Gasteiger partial charge in [0.25, 0.3) is 0 Å². The SMILES string of the molecule is CC(C)OC(=O)C1=CC=CN(Br)C1. The molecular formula is C9H12BrNO2. The predicted octanol–water partition coefficient (Wildman–Crippen LogP) is 2.00. The smallest absolute Gasteiger partial charge is 0.336 e. The first kappa shape index (κ1) is 10.3. The largest absolute Gasteiger partial charge is 0.460 e. The van der Waals surface area contributed by atoms with Crippen molar-refractivity contribution >= 4 is 22.1 Å². The molecule has 3 nitrogen and oxygen atoms in total. The maximum Gasteiger partial charge on any atom is 0.336 e. The van der Waals surface area contributed by atoms with E-state index in [0.717, 1.165) is 0 Å². The number of esters is 1. The van der Waals surface area contributed by atoms with E-state index in [1.165, 1.54) is 0 Å². The highest BCUT2D eigenvalue weighted by Gasteiger charge is 2.15. The highest BCUT2D eigenvalue weighted by Crippen LogP contribution is 2.12. The van der Waals surface area contributed by atoms with Crippen molar-refractivity contribution in [1.29, 1.82) is 0 Å². The molecule has 0 aliphatic carbocycles. The van der Waals surface area contributed by atoms with E-state index in [1.807, 2.05) is 20.0 Å². The van der Waals surface area contributed by atoms with Crippen molar-refractivity contribution in [3.8, 4) is 0 Å². The van der Waals surface area contributed by atoms with Gasteiger partial charge in [0.05, 0.1) is 18.2 Å². The molecule has 0 spiro atoms. The summed E-state index contributed by atoms with van der Waals surface area (Å²) in [5.74, 6) is -0.246. The van der Waals surface area contributed by atoms with Gasteiger partial charge in [0.1, 0.15) is 0 Å². The summed E-state index contributed by atoms with van der Waals surface area (Å²) in [5.41, 5.74) is 0.660. The van der Waals surface area contributed by atoms with Gasteiger partial charge in [-0.25, -0.2) is 4.79 Å². The van der Waals surface area contributed by atoms with Gasteiger partial charge < -0.3 is 8.66 Å². The molecule has 1 rings (SSSR count). The normalized spacial score (nSPS) is 16.0. The molecule has 0 amide bonds. The summed E-state index contributed by atoms with van der Waals surface area (Å²) < 4.78 is 6.80. The van der Waals surface area contributed by atoms with E-state index in [1.54, 1.807) is 16.1 Å². The molecule has 1 aliphatic heterocycles. The minimum atomic E-state index is -0.246. The van der Waals surface area contributed by atoms with Crippen LogP contribution in [0.3, 0.4) is 0 Å². The van der Waals surface area contributed by atoms with E-state index < -0.39 is 0 Å². The first-order valence-electron chi connectivity index (χ1n) is 4.10. The molecule has 0 N–H and O–H groups in total. The number of halogens is 1. The molecule has 0 radical (unpaired) electrons. The predicted molar refractivity (Wildman–Crippen MR) is 54.1 cm³/mol. The van der Waals surface area contributed by atoms with Gasteiger partial charge in [-0.2, -0.15) is 0 Å². The van der Waals surface area contributed by atoms with Crippen LogP contribution in [0, 0.1) is 0 Å². The van der Waals surface area contributed by atoms with Crippen LogP contribution in [0.1, 0.15) is 13.8 Å². The third-order valence-electron chi connectivity index (χ3n) is 1.47. The Morgan fingerprint density at radius 1 is 1.69 bits per heavy atom. The number of nitrogens with zero attached hydrogens (tertiary/aromatic N) is 1. The highest BCUT2D eigenvalue weighted by atomic mass is 79.9. The fraction of sp³-hybridized carbons (Fsp3) is 0.444. The van der Waals surface area contributed by atoms with Gasteiger partial charge in [0.2, 0.25) is 0 Å². The van der Waals surface area contributed by atoms with Crippen molar-refractivity contribution in [3.63, 3.8) is 0 Å². The van der Waals surface area contributed by atoms with Crippen molar-refractivity contribution in [2.75, 3.05) is 6.54 Å². The van der Waals surface area contributed by atoms with Gasteiger partial charge in [-0.1, -0.05) is 0 Å². The lowest BCUT2D eigenvalue weighted by Crippen LogP contribution is -2.21. The van der Waals surface area contributed by atoms with Gasteiger partial charge in [-0.05, 0) is 26.0 Å². The Hall–Kier alpha value is -0.770. The van der Waals surface area contributed by atoms with Crippen molar-refractivity contribution in [1.82, 2.24) is 3.93 Å². The maximum atomic E-state index is 11.4. The van der Waals surface area contributed by atoms with Crippen LogP contribution >= 0.6 is 16.1 Å². The van der Waals surface area contributed by atoms with Crippen molar-refractivity contribution in [2.45, 2.75) is 20.0 Å². The number of rotatable bonds is 2. The minimum Gasteiger partial charge on any atom is -0.460 e. The number of ether oxygens (including phenoxy) is 1. The lowest BCUT2D eigenvalue weighted by Gasteiger charge is -2.17. The zero-order valence-electron chi connectivity index (χ0n) is 7.66. The molecule has 0 unspecified atom stereocenters. The Morgan fingerprint density at radius 3 is 2.92 bits per heavy atom. The van der Waals surface area contributed by atoms with Crippen LogP contribution in [0.2, 0.25) is 0 Å². The van der Waals surface area contributed by atoms with Gasteiger partial charge in [0, 0.05) is 22.3 Å². The quantitative estimate of drug-likeness (QED) is 0.551. The van der Waals surface area contributed by atoms with Crippen LogP contribution in [-0.2, 0) is 9.53 Å². The summed E-state index contributed by atoms with van der Waals surface area (Å²) in [4.78, 5) is 11.4. The molecule has 1 heterocycles. The third-order valence-corrected chi connectivity index (χ3v) is 1.96. The molecule has 1 aliphatic rings. The molecule has 0 aromatic heterocycles. The Bertz CT molecular complexity index is 258. The number of carbonyl (C=O) groups is 1. The minimum absolute atomic E-state index is 0.0666. The van der Waals surface area contributed by atoms with Crippen LogP contribution in [0.5, 0.6) is 0 Å². The van der Waals surface area contributed by atoms with Gasteiger partial charge >= 0.3 is 5.97 Å². The molecule has 0 aromatic carbocycles. The van der Waals surface area contributed by atoms with Crippen molar-refractivity contribution in [3.05, 3.63) is 23.9 Å². The summed E-state index contributed by atoms with van der Waals surface area (Å²) in [6.07, 6.45) is 5.34. The first-order valence-corrected chi connectivity index (χ1v) is 4.81. The Labute approximate surface area is 86.4 Å². The molecule has 0 atom stereocenters. The second kappa shape index (κ2) is 4.46. The summed E-state index contributed by atoms with van der Waals surface area (Å²) in [7, 11) is 0. The second-order valence-corrected chi connectivity index (χ2v) is 3.96. The van der Waals surface area contributed by atoms with Crippen LogP contribution in [0.4, 0.5) is 0 Å². The average molecular weight is 246 g/mol. The second-order valence-electron chi connectivity index (χ2n) is 3.05. The number of hydrogen-bond acceptors (Lipinski definition) is 3. The van der Waals surface area contributed by atoms with Crippen molar-refractivity contribution < 1.29 is 9.53 Å². The molecule has 0 fully saturated rings. The number of hydrogen-bond donors (Lipinski definition) is 0. The number of allylic oxidation sites excluding steroid dienone is 2.